The highest BCUT2D eigenvalue weighted by Crippen LogP contribution is 2.25. The van der Waals surface area contributed by atoms with Crippen LogP contribution in [-0.4, -0.2) is 57.6 Å². The van der Waals surface area contributed by atoms with Gasteiger partial charge in [0.1, 0.15) is 0 Å². The Morgan fingerprint density at radius 2 is 1.47 bits per heavy atom. The number of nitrogens with zero attached hydrogens (tertiary/aromatic N) is 3. The van der Waals surface area contributed by atoms with Gasteiger partial charge < -0.3 is 15.1 Å². The zero-order valence-electron chi connectivity index (χ0n) is 20.4. The Hall–Kier alpha value is -3.31. The molecule has 0 saturated carbocycles. The first-order valence-corrected chi connectivity index (χ1v) is 12.2. The number of para-hydroxylation sites is 1. The summed E-state index contributed by atoms with van der Waals surface area (Å²) in [5.41, 5.74) is 4.92. The summed E-state index contributed by atoms with van der Waals surface area (Å²) in [7, 11) is 4.12. The second kappa shape index (κ2) is 11.7. The van der Waals surface area contributed by atoms with E-state index < -0.39 is 0 Å². The second-order valence-electron chi connectivity index (χ2n) is 9.15. The van der Waals surface area contributed by atoms with Gasteiger partial charge in [-0.1, -0.05) is 60.7 Å². The Bertz CT molecular complexity index is 1010. The molecule has 1 aliphatic heterocycles. The fourth-order valence-corrected chi connectivity index (χ4v) is 4.58. The molecule has 0 bridgehead atoms. The van der Waals surface area contributed by atoms with Crippen molar-refractivity contribution in [2.75, 3.05) is 56.6 Å². The largest absolute Gasteiger partial charge is 0.378 e. The molecule has 1 amide bonds. The van der Waals surface area contributed by atoms with Crippen LogP contribution in [0.3, 0.4) is 0 Å². The van der Waals surface area contributed by atoms with Crippen molar-refractivity contribution in [3.8, 4) is 0 Å². The van der Waals surface area contributed by atoms with E-state index in [1.165, 1.54) is 22.5 Å². The van der Waals surface area contributed by atoms with Gasteiger partial charge in [0.05, 0.1) is 6.04 Å². The minimum Gasteiger partial charge on any atom is -0.378 e. The van der Waals surface area contributed by atoms with Gasteiger partial charge in [-0.3, -0.25) is 9.69 Å². The monoisotopic (exact) mass is 456 g/mol. The van der Waals surface area contributed by atoms with Gasteiger partial charge in [-0.05, 0) is 41.8 Å². The van der Waals surface area contributed by atoms with Crippen molar-refractivity contribution in [2.24, 2.45) is 0 Å². The average molecular weight is 457 g/mol. The fraction of sp³-hybridized carbons (Fsp3) is 0.345. The number of piperazine rings is 1. The number of rotatable bonds is 9. The first-order chi connectivity index (χ1) is 16.6. The highest BCUT2D eigenvalue weighted by atomic mass is 16.1. The third-order valence-electron chi connectivity index (χ3n) is 6.65. The number of hydrogen-bond donors (Lipinski definition) is 1. The lowest BCUT2D eigenvalue weighted by atomic mass is 10.0. The van der Waals surface area contributed by atoms with Crippen molar-refractivity contribution in [1.29, 1.82) is 0 Å². The molecule has 1 heterocycles. The number of benzene rings is 3. The molecule has 0 aliphatic carbocycles. The molecular formula is C29H36N4O. The molecule has 4 rings (SSSR count). The summed E-state index contributed by atoms with van der Waals surface area (Å²) in [5, 5.41) is 3.22. The molecular weight excluding hydrogens is 420 g/mol. The first-order valence-electron chi connectivity index (χ1n) is 12.2. The van der Waals surface area contributed by atoms with Crippen LogP contribution in [0.5, 0.6) is 0 Å². The maximum Gasteiger partial charge on any atom is 0.220 e. The number of nitrogens with one attached hydrogen (secondary N) is 1. The smallest absolute Gasteiger partial charge is 0.220 e. The Labute approximate surface area is 204 Å². The van der Waals surface area contributed by atoms with Crippen molar-refractivity contribution in [2.45, 2.75) is 18.9 Å². The van der Waals surface area contributed by atoms with E-state index in [0.717, 1.165) is 32.6 Å². The molecule has 34 heavy (non-hydrogen) atoms. The molecule has 0 aromatic heterocycles. The van der Waals surface area contributed by atoms with Crippen LogP contribution < -0.4 is 15.1 Å². The Morgan fingerprint density at radius 3 is 2.09 bits per heavy atom. The topological polar surface area (TPSA) is 38.8 Å². The van der Waals surface area contributed by atoms with Gasteiger partial charge in [0.15, 0.2) is 0 Å². The van der Waals surface area contributed by atoms with E-state index in [2.05, 4.69) is 101 Å². The molecule has 1 fully saturated rings. The minimum atomic E-state index is 0.113. The second-order valence-corrected chi connectivity index (χ2v) is 9.15. The third-order valence-corrected chi connectivity index (χ3v) is 6.65. The Morgan fingerprint density at radius 1 is 0.853 bits per heavy atom. The number of amides is 1. The summed E-state index contributed by atoms with van der Waals surface area (Å²) < 4.78 is 0. The van der Waals surface area contributed by atoms with Gasteiger partial charge in [0, 0.05) is 64.6 Å². The van der Waals surface area contributed by atoms with Crippen molar-refractivity contribution < 1.29 is 4.79 Å². The van der Waals surface area contributed by atoms with Gasteiger partial charge >= 0.3 is 0 Å². The van der Waals surface area contributed by atoms with Crippen LogP contribution in [-0.2, 0) is 11.2 Å². The maximum absolute atomic E-state index is 12.7. The van der Waals surface area contributed by atoms with E-state index in [0.29, 0.717) is 13.0 Å². The van der Waals surface area contributed by atoms with Gasteiger partial charge in [0.25, 0.3) is 0 Å². The predicted molar refractivity (Wildman–Crippen MR) is 142 cm³/mol. The number of carbonyl (C=O) groups excluding carboxylic acids is 1. The standard InChI is InChI=1S/C29H36N4O/c1-31(2)26-16-14-25(15-17-26)28(23-30-29(34)18-13-24-9-5-3-6-10-24)33-21-19-32(20-22-33)27-11-7-4-8-12-27/h3-12,14-17,28H,13,18-23H2,1-2H3,(H,30,34)/t28-/m1/s1. The lowest BCUT2D eigenvalue weighted by Gasteiger charge is -2.40. The van der Waals surface area contributed by atoms with Crippen LogP contribution in [0.2, 0.25) is 0 Å². The molecule has 0 radical (unpaired) electrons. The van der Waals surface area contributed by atoms with E-state index in [9.17, 15) is 4.79 Å². The molecule has 5 heteroatoms. The Kier molecular flexibility index (Phi) is 8.21. The van der Waals surface area contributed by atoms with Gasteiger partial charge in [-0.25, -0.2) is 0 Å². The Balaban J connectivity index is 1.40. The SMILES string of the molecule is CN(C)c1ccc([C@@H](CNC(=O)CCc2ccccc2)N2CCN(c3ccccc3)CC2)cc1. The highest BCUT2D eigenvalue weighted by molar-refractivity contribution is 5.76. The van der Waals surface area contributed by atoms with Crippen LogP contribution in [0.25, 0.3) is 0 Å². The van der Waals surface area contributed by atoms with E-state index in [1.807, 2.05) is 18.2 Å². The molecule has 178 valence electrons. The molecule has 3 aromatic rings. The summed E-state index contributed by atoms with van der Waals surface area (Å²) in [6.45, 7) is 4.53. The van der Waals surface area contributed by atoms with Crippen molar-refractivity contribution in [3.63, 3.8) is 0 Å². The molecule has 0 unspecified atom stereocenters. The number of anilines is 2. The summed E-state index contributed by atoms with van der Waals surface area (Å²) in [6, 6.07) is 29.7. The summed E-state index contributed by atoms with van der Waals surface area (Å²) in [5.74, 6) is 0.113. The van der Waals surface area contributed by atoms with Crippen molar-refractivity contribution in [1.82, 2.24) is 10.2 Å². The maximum atomic E-state index is 12.7. The number of aryl methyl sites for hydroxylation is 1. The normalized spacial score (nSPS) is 15.1. The third kappa shape index (κ3) is 6.39. The van der Waals surface area contributed by atoms with E-state index in [4.69, 9.17) is 0 Å². The molecule has 5 nitrogen and oxygen atoms in total. The summed E-state index contributed by atoms with van der Waals surface area (Å²) in [4.78, 5) is 19.7. The van der Waals surface area contributed by atoms with Gasteiger partial charge in [0.2, 0.25) is 5.91 Å². The zero-order valence-corrected chi connectivity index (χ0v) is 20.4. The van der Waals surface area contributed by atoms with Crippen LogP contribution >= 0.6 is 0 Å². The molecule has 0 spiro atoms. The average Bonchev–Trinajstić information content (AvgIpc) is 2.89. The predicted octanol–water partition coefficient (Wildman–Crippen LogP) is 4.36. The summed E-state index contributed by atoms with van der Waals surface area (Å²) >= 11 is 0. The number of carbonyl (C=O) groups is 1. The molecule has 1 atom stereocenters. The molecule has 1 aliphatic rings. The van der Waals surface area contributed by atoms with Crippen molar-refractivity contribution >= 4 is 17.3 Å². The molecule has 3 aromatic carbocycles. The quantitative estimate of drug-likeness (QED) is 0.519. The fourth-order valence-electron chi connectivity index (χ4n) is 4.58. The van der Waals surface area contributed by atoms with Crippen LogP contribution in [0.1, 0.15) is 23.6 Å². The van der Waals surface area contributed by atoms with E-state index >= 15 is 0 Å². The summed E-state index contributed by atoms with van der Waals surface area (Å²) in [6.07, 6.45) is 1.28. The van der Waals surface area contributed by atoms with Gasteiger partial charge in [-0.2, -0.15) is 0 Å². The first kappa shape index (κ1) is 23.8. The molecule has 1 saturated heterocycles. The minimum absolute atomic E-state index is 0.113. The zero-order chi connectivity index (χ0) is 23.8. The van der Waals surface area contributed by atoms with Crippen LogP contribution in [0.15, 0.2) is 84.9 Å². The van der Waals surface area contributed by atoms with Crippen molar-refractivity contribution in [3.05, 3.63) is 96.1 Å². The lowest BCUT2D eigenvalue weighted by molar-refractivity contribution is -0.121. The number of hydrogen-bond acceptors (Lipinski definition) is 4. The highest BCUT2D eigenvalue weighted by Gasteiger charge is 2.25. The van der Waals surface area contributed by atoms with Gasteiger partial charge in [-0.15, -0.1) is 0 Å². The van der Waals surface area contributed by atoms with E-state index in [-0.39, 0.29) is 11.9 Å². The lowest BCUT2D eigenvalue weighted by Crippen LogP contribution is -2.50. The van der Waals surface area contributed by atoms with Crippen LogP contribution in [0, 0.1) is 0 Å². The van der Waals surface area contributed by atoms with E-state index in [1.54, 1.807) is 0 Å². The van der Waals surface area contributed by atoms with Crippen LogP contribution in [0.4, 0.5) is 11.4 Å². The molecule has 1 N–H and O–H groups in total.